The van der Waals surface area contributed by atoms with Gasteiger partial charge in [-0.2, -0.15) is 0 Å². The van der Waals surface area contributed by atoms with E-state index in [1.165, 1.54) is 19.4 Å². The lowest BCUT2D eigenvalue weighted by molar-refractivity contribution is -0.118. The Bertz CT molecular complexity index is 1370. The summed E-state index contributed by atoms with van der Waals surface area (Å²) in [6, 6.07) is 15.0. The van der Waals surface area contributed by atoms with Gasteiger partial charge in [0.2, 0.25) is 16.9 Å². The van der Waals surface area contributed by atoms with Crippen LogP contribution in [0.5, 0.6) is 5.75 Å². The molecule has 0 saturated heterocycles. The zero-order chi connectivity index (χ0) is 23.4. The van der Waals surface area contributed by atoms with Gasteiger partial charge in [-0.15, -0.1) is 0 Å². The molecule has 1 N–H and O–H groups in total. The summed E-state index contributed by atoms with van der Waals surface area (Å²) in [5, 5.41) is 2.95. The van der Waals surface area contributed by atoms with Crippen molar-refractivity contribution in [2.45, 2.75) is 13.3 Å². The quantitative estimate of drug-likeness (QED) is 0.418. The zero-order valence-electron chi connectivity index (χ0n) is 18.0. The molecule has 4 rings (SSSR count). The number of aryl methyl sites for hydroxylation is 1. The zero-order valence-corrected chi connectivity index (χ0v) is 18.0. The van der Waals surface area contributed by atoms with Crippen molar-refractivity contribution in [3.63, 3.8) is 0 Å². The van der Waals surface area contributed by atoms with Crippen molar-refractivity contribution in [2.75, 3.05) is 19.0 Å². The van der Waals surface area contributed by atoms with Crippen LogP contribution in [0.25, 0.3) is 22.5 Å². The number of methoxy groups -OCH3 is 1. The molecule has 1 amide bonds. The number of amides is 1. The van der Waals surface area contributed by atoms with Crippen LogP contribution in [0.3, 0.4) is 0 Å². The van der Waals surface area contributed by atoms with Gasteiger partial charge in [0.15, 0.2) is 12.4 Å². The van der Waals surface area contributed by atoms with Gasteiger partial charge in [-0.25, -0.2) is 4.79 Å². The van der Waals surface area contributed by atoms with E-state index in [9.17, 15) is 14.4 Å². The van der Waals surface area contributed by atoms with E-state index in [1.54, 1.807) is 42.5 Å². The second-order valence-corrected chi connectivity index (χ2v) is 7.12. The van der Waals surface area contributed by atoms with Crippen LogP contribution in [0.4, 0.5) is 5.69 Å². The highest BCUT2D eigenvalue weighted by molar-refractivity contribution is 6.01. The highest BCUT2D eigenvalue weighted by Crippen LogP contribution is 2.31. The smallest absolute Gasteiger partial charge is 0.339 e. The molecule has 0 spiro atoms. The van der Waals surface area contributed by atoms with Crippen LogP contribution in [-0.2, 0) is 16.0 Å². The van der Waals surface area contributed by atoms with Crippen molar-refractivity contribution in [1.82, 2.24) is 0 Å². The highest BCUT2D eigenvalue weighted by atomic mass is 16.5. The number of nitrogens with one attached hydrogen (secondary N) is 1. The second-order valence-electron chi connectivity index (χ2n) is 7.12. The number of esters is 1. The number of anilines is 1. The number of benzene rings is 2. The maximum atomic E-state index is 13.2. The first-order chi connectivity index (χ1) is 16.0. The summed E-state index contributed by atoms with van der Waals surface area (Å²) >= 11 is 0. The van der Waals surface area contributed by atoms with Gasteiger partial charge in [-0.1, -0.05) is 25.1 Å². The lowest BCUT2D eigenvalue weighted by Gasteiger charge is -2.12. The van der Waals surface area contributed by atoms with Gasteiger partial charge in [-0.3, -0.25) is 9.59 Å². The molecule has 0 atom stereocenters. The monoisotopic (exact) mass is 447 g/mol. The van der Waals surface area contributed by atoms with Crippen molar-refractivity contribution in [2.24, 2.45) is 0 Å². The van der Waals surface area contributed by atoms with E-state index in [-0.39, 0.29) is 22.8 Å². The minimum atomic E-state index is -0.589. The molecular weight excluding hydrogens is 426 g/mol. The molecule has 33 heavy (non-hydrogen) atoms. The van der Waals surface area contributed by atoms with E-state index in [0.29, 0.717) is 16.7 Å². The van der Waals surface area contributed by atoms with Crippen molar-refractivity contribution < 1.29 is 27.9 Å². The Morgan fingerprint density at radius 3 is 2.61 bits per heavy atom. The molecule has 0 aliphatic heterocycles. The Morgan fingerprint density at radius 2 is 1.88 bits per heavy atom. The number of fused-ring (bicyclic) bond motifs is 1. The van der Waals surface area contributed by atoms with E-state index in [2.05, 4.69) is 5.32 Å². The molecule has 2 heterocycles. The van der Waals surface area contributed by atoms with E-state index in [1.807, 2.05) is 13.0 Å². The predicted molar refractivity (Wildman–Crippen MR) is 121 cm³/mol. The normalized spacial score (nSPS) is 10.7. The lowest BCUT2D eigenvalue weighted by Crippen LogP contribution is -2.23. The molecule has 0 radical (unpaired) electrons. The van der Waals surface area contributed by atoms with E-state index in [4.69, 9.17) is 18.3 Å². The Balaban J connectivity index is 1.65. The van der Waals surface area contributed by atoms with Crippen LogP contribution in [0.15, 0.2) is 74.5 Å². The molecule has 168 valence electrons. The molecule has 8 heteroatoms. The van der Waals surface area contributed by atoms with Gasteiger partial charge >= 0.3 is 5.97 Å². The first kappa shape index (κ1) is 21.9. The van der Waals surface area contributed by atoms with Gasteiger partial charge in [0, 0.05) is 0 Å². The molecular formula is C25H21NO7. The molecule has 0 saturated carbocycles. The maximum Gasteiger partial charge on any atom is 0.339 e. The first-order valence-corrected chi connectivity index (χ1v) is 10.3. The third kappa shape index (κ3) is 4.50. The summed E-state index contributed by atoms with van der Waals surface area (Å²) in [5.41, 5.74) is 1.39. The summed E-state index contributed by atoms with van der Waals surface area (Å²) in [4.78, 5) is 37.7. The fourth-order valence-electron chi connectivity index (χ4n) is 3.35. The van der Waals surface area contributed by atoms with Crippen LogP contribution >= 0.6 is 0 Å². The third-order valence-corrected chi connectivity index (χ3v) is 5.02. The SMILES string of the molecule is CCc1ccc2oc(-c3ccco3)c(OCC(=O)Nc3ccccc3C(=O)OC)c(=O)c2c1. The number of furan rings is 1. The molecule has 2 aromatic heterocycles. The Kier molecular flexibility index (Phi) is 6.26. The summed E-state index contributed by atoms with van der Waals surface area (Å²) in [6.45, 7) is 1.49. The Hall–Kier alpha value is -4.33. The minimum absolute atomic E-state index is 0.0875. The average Bonchev–Trinajstić information content (AvgIpc) is 3.38. The van der Waals surface area contributed by atoms with E-state index < -0.39 is 23.9 Å². The van der Waals surface area contributed by atoms with Gasteiger partial charge < -0.3 is 23.6 Å². The summed E-state index contributed by atoms with van der Waals surface area (Å²) < 4.78 is 21.7. The number of rotatable bonds is 7. The Labute approximate surface area is 188 Å². The molecule has 0 aliphatic carbocycles. The standard InChI is InChI=1S/C25H21NO7/c1-3-15-10-11-19-17(13-15)22(28)24(23(33-19)20-9-6-12-31-20)32-14-21(27)26-18-8-5-4-7-16(18)25(29)30-2/h4-13H,3,14H2,1-2H3,(H,26,27). The van der Waals surface area contributed by atoms with Gasteiger partial charge in [0.25, 0.3) is 5.91 Å². The summed E-state index contributed by atoms with van der Waals surface area (Å²) in [6.07, 6.45) is 2.19. The summed E-state index contributed by atoms with van der Waals surface area (Å²) in [7, 11) is 1.25. The third-order valence-electron chi connectivity index (χ3n) is 5.02. The fourth-order valence-corrected chi connectivity index (χ4v) is 3.35. The average molecular weight is 447 g/mol. The molecule has 8 nitrogen and oxygen atoms in total. The van der Waals surface area contributed by atoms with Gasteiger partial charge in [0.05, 0.1) is 30.0 Å². The molecule has 0 fully saturated rings. The van der Waals surface area contributed by atoms with Crippen LogP contribution in [-0.4, -0.2) is 25.6 Å². The largest absolute Gasteiger partial charge is 0.476 e. The minimum Gasteiger partial charge on any atom is -0.476 e. The topological polar surface area (TPSA) is 108 Å². The lowest BCUT2D eigenvalue weighted by atomic mass is 10.1. The molecule has 0 bridgehead atoms. The second kappa shape index (κ2) is 9.44. The van der Waals surface area contributed by atoms with Gasteiger partial charge in [0.1, 0.15) is 5.58 Å². The number of carbonyl (C=O) groups excluding carboxylic acids is 2. The van der Waals surface area contributed by atoms with Crippen LogP contribution in [0.1, 0.15) is 22.8 Å². The van der Waals surface area contributed by atoms with Crippen molar-refractivity contribution in [1.29, 1.82) is 0 Å². The van der Waals surface area contributed by atoms with Gasteiger partial charge in [-0.05, 0) is 48.4 Å². The molecule has 4 aromatic rings. The van der Waals surface area contributed by atoms with Crippen LogP contribution < -0.4 is 15.5 Å². The van der Waals surface area contributed by atoms with Crippen molar-refractivity contribution in [3.05, 3.63) is 82.2 Å². The van der Waals surface area contributed by atoms with Crippen molar-refractivity contribution in [3.8, 4) is 17.3 Å². The molecule has 2 aromatic carbocycles. The van der Waals surface area contributed by atoms with E-state index >= 15 is 0 Å². The fraction of sp³-hybridized carbons (Fsp3) is 0.160. The molecule has 0 aliphatic rings. The highest BCUT2D eigenvalue weighted by Gasteiger charge is 2.21. The number of hydrogen-bond donors (Lipinski definition) is 1. The maximum absolute atomic E-state index is 13.2. The summed E-state index contributed by atoms with van der Waals surface area (Å²) in [5.74, 6) is -0.918. The first-order valence-electron chi connectivity index (χ1n) is 10.3. The number of carbonyl (C=O) groups is 2. The number of ether oxygens (including phenoxy) is 2. The van der Waals surface area contributed by atoms with Crippen molar-refractivity contribution >= 4 is 28.5 Å². The molecule has 0 unspecified atom stereocenters. The van der Waals surface area contributed by atoms with Crippen LogP contribution in [0.2, 0.25) is 0 Å². The predicted octanol–water partition coefficient (Wildman–Crippen LogP) is 4.42. The number of para-hydroxylation sites is 1. The Morgan fingerprint density at radius 1 is 1.06 bits per heavy atom. The van der Waals surface area contributed by atoms with E-state index in [0.717, 1.165) is 12.0 Å². The number of hydrogen-bond acceptors (Lipinski definition) is 7. The van der Waals surface area contributed by atoms with Crippen LogP contribution in [0, 0.1) is 0 Å².